The molecule has 0 aliphatic carbocycles. The van der Waals surface area contributed by atoms with E-state index < -0.39 is 0 Å². The Balaban J connectivity index is 1.77. The second kappa shape index (κ2) is 8.29. The molecule has 0 heterocycles. The van der Waals surface area contributed by atoms with E-state index in [4.69, 9.17) is 12.2 Å². The smallest absolute Gasteiger partial charge is 0.186 e. The number of hydrogen-bond donors (Lipinski definition) is 2. The second-order valence-corrected chi connectivity index (χ2v) is 5.57. The highest BCUT2D eigenvalue weighted by molar-refractivity contribution is 7.80. The first-order valence-corrected chi connectivity index (χ1v) is 7.75. The molecular formula is C18H21N3S. The summed E-state index contributed by atoms with van der Waals surface area (Å²) in [5, 5.41) is 8.02. The van der Waals surface area contributed by atoms with Gasteiger partial charge in [-0.1, -0.05) is 60.2 Å². The van der Waals surface area contributed by atoms with Crippen LogP contribution in [0.15, 0.2) is 59.7 Å². The van der Waals surface area contributed by atoms with Crippen LogP contribution < -0.4 is 10.7 Å². The topological polar surface area (TPSA) is 36.4 Å². The Hall–Kier alpha value is -2.20. The van der Waals surface area contributed by atoms with E-state index in [1.165, 1.54) is 11.1 Å². The standard InChI is InChI=1S/C18H21N3S/c1-14-8-10-17(11-9-14)15(2)20-21-18(22)19-13-12-16-6-4-3-5-7-16/h3-11H,12-13H2,1-2H3,(H2,19,21,22)/b20-15-. The normalized spacial score (nSPS) is 11.1. The summed E-state index contributed by atoms with van der Waals surface area (Å²) in [7, 11) is 0. The maximum Gasteiger partial charge on any atom is 0.186 e. The molecule has 0 amide bonds. The molecule has 3 nitrogen and oxygen atoms in total. The number of aryl methyl sites for hydroxylation is 1. The van der Waals surface area contributed by atoms with Crippen LogP contribution in [0.25, 0.3) is 0 Å². The summed E-state index contributed by atoms with van der Waals surface area (Å²) >= 11 is 5.23. The quantitative estimate of drug-likeness (QED) is 0.504. The van der Waals surface area contributed by atoms with Gasteiger partial charge in [0.15, 0.2) is 5.11 Å². The van der Waals surface area contributed by atoms with E-state index in [0.29, 0.717) is 5.11 Å². The minimum Gasteiger partial charge on any atom is -0.361 e. The van der Waals surface area contributed by atoms with Gasteiger partial charge in [-0.15, -0.1) is 0 Å². The molecule has 4 heteroatoms. The third-order valence-electron chi connectivity index (χ3n) is 3.34. The van der Waals surface area contributed by atoms with Crippen LogP contribution in [0.4, 0.5) is 0 Å². The number of hydrazone groups is 1. The van der Waals surface area contributed by atoms with Gasteiger partial charge in [0.1, 0.15) is 0 Å². The molecule has 0 radical (unpaired) electrons. The summed E-state index contributed by atoms with van der Waals surface area (Å²) < 4.78 is 0. The van der Waals surface area contributed by atoms with E-state index in [2.05, 4.69) is 59.2 Å². The van der Waals surface area contributed by atoms with Crippen molar-refractivity contribution in [3.63, 3.8) is 0 Å². The Kier molecular flexibility index (Phi) is 6.10. The van der Waals surface area contributed by atoms with Crippen molar-refractivity contribution in [1.82, 2.24) is 10.7 Å². The van der Waals surface area contributed by atoms with Crippen LogP contribution in [0.2, 0.25) is 0 Å². The Bertz CT molecular complexity index is 633. The first-order chi connectivity index (χ1) is 10.6. The first kappa shape index (κ1) is 16.2. The van der Waals surface area contributed by atoms with Crippen LogP contribution in [0.5, 0.6) is 0 Å². The lowest BCUT2D eigenvalue weighted by Crippen LogP contribution is -2.33. The van der Waals surface area contributed by atoms with Crippen molar-refractivity contribution < 1.29 is 0 Å². The molecule has 2 N–H and O–H groups in total. The van der Waals surface area contributed by atoms with Crippen LogP contribution in [0.3, 0.4) is 0 Å². The highest BCUT2D eigenvalue weighted by Gasteiger charge is 1.98. The van der Waals surface area contributed by atoms with E-state index in [0.717, 1.165) is 24.2 Å². The minimum atomic E-state index is 0.544. The van der Waals surface area contributed by atoms with Gasteiger partial charge < -0.3 is 5.32 Å². The molecule has 0 aromatic heterocycles. The van der Waals surface area contributed by atoms with Crippen LogP contribution in [-0.2, 0) is 6.42 Å². The summed E-state index contributed by atoms with van der Waals surface area (Å²) in [6, 6.07) is 18.6. The highest BCUT2D eigenvalue weighted by atomic mass is 32.1. The van der Waals surface area contributed by atoms with Crippen molar-refractivity contribution >= 4 is 23.0 Å². The van der Waals surface area contributed by atoms with E-state index in [-0.39, 0.29) is 0 Å². The lowest BCUT2D eigenvalue weighted by atomic mass is 10.1. The van der Waals surface area contributed by atoms with Crippen molar-refractivity contribution in [3.8, 4) is 0 Å². The fraction of sp³-hybridized carbons (Fsp3) is 0.222. The predicted octanol–water partition coefficient (Wildman–Crippen LogP) is 3.43. The van der Waals surface area contributed by atoms with Gasteiger partial charge in [-0.3, -0.25) is 5.43 Å². The van der Waals surface area contributed by atoms with Crippen LogP contribution in [0, 0.1) is 6.92 Å². The van der Waals surface area contributed by atoms with Crippen molar-refractivity contribution in [2.75, 3.05) is 6.54 Å². The summed E-state index contributed by atoms with van der Waals surface area (Å²) in [6.07, 6.45) is 0.934. The molecule has 0 spiro atoms. The summed E-state index contributed by atoms with van der Waals surface area (Å²) in [4.78, 5) is 0. The van der Waals surface area contributed by atoms with E-state index in [9.17, 15) is 0 Å². The monoisotopic (exact) mass is 311 g/mol. The molecule has 0 atom stereocenters. The van der Waals surface area contributed by atoms with Gasteiger partial charge in [-0.2, -0.15) is 5.10 Å². The molecule has 0 fully saturated rings. The molecule has 2 aromatic carbocycles. The minimum absolute atomic E-state index is 0.544. The summed E-state index contributed by atoms with van der Waals surface area (Å²) in [5.41, 5.74) is 7.42. The maximum absolute atomic E-state index is 5.23. The SMILES string of the molecule is C/C(=N/NC(=S)NCCc1ccccc1)c1ccc(C)cc1. The molecule has 0 unspecified atom stereocenters. The fourth-order valence-corrected chi connectivity index (χ4v) is 2.15. The third-order valence-corrected chi connectivity index (χ3v) is 3.57. The number of nitrogens with zero attached hydrogens (tertiary/aromatic N) is 1. The van der Waals surface area contributed by atoms with Crippen molar-refractivity contribution in [2.24, 2.45) is 5.10 Å². The van der Waals surface area contributed by atoms with Crippen molar-refractivity contribution in [2.45, 2.75) is 20.3 Å². The molecule has 2 aromatic rings. The molecule has 22 heavy (non-hydrogen) atoms. The summed E-state index contributed by atoms with van der Waals surface area (Å²) in [5.74, 6) is 0. The van der Waals surface area contributed by atoms with Crippen molar-refractivity contribution in [1.29, 1.82) is 0 Å². The zero-order valence-corrected chi connectivity index (χ0v) is 13.8. The third kappa shape index (κ3) is 5.30. The number of thiocarbonyl (C=S) groups is 1. The maximum atomic E-state index is 5.23. The zero-order valence-electron chi connectivity index (χ0n) is 13.0. The van der Waals surface area contributed by atoms with Gasteiger partial charge in [0.25, 0.3) is 0 Å². The van der Waals surface area contributed by atoms with Crippen LogP contribution in [-0.4, -0.2) is 17.4 Å². The van der Waals surface area contributed by atoms with E-state index in [1.807, 2.05) is 25.1 Å². The van der Waals surface area contributed by atoms with Crippen LogP contribution in [0.1, 0.15) is 23.6 Å². The first-order valence-electron chi connectivity index (χ1n) is 7.34. The Morgan fingerprint density at radius 1 is 1.05 bits per heavy atom. The van der Waals surface area contributed by atoms with Gasteiger partial charge >= 0.3 is 0 Å². The van der Waals surface area contributed by atoms with Gasteiger partial charge in [-0.05, 0) is 43.6 Å². The summed E-state index contributed by atoms with van der Waals surface area (Å²) in [6.45, 7) is 4.82. The highest BCUT2D eigenvalue weighted by Crippen LogP contribution is 2.04. The number of nitrogens with one attached hydrogen (secondary N) is 2. The molecular weight excluding hydrogens is 290 g/mol. The van der Waals surface area contributed by atoms with Gasteiger partial charge in [0.05, 0.1) is 5.71 Å². The molecule has 2 rings (SSSR count). The number of hydrogen-bond acceptors (Lipinski definition) is 2. The van der Waals surface area contributed by atoms with Gasteiger partial charge in [0, 0.05) is 6.54 Å². The second-order valence-electron chi connectivity index (χ2n) is 5.17. The van der Waals surface area contributed by atoms with Crippen LogP contribution >= 0.6 is 12.2 Å². The Labute approximate surface area is 137 Å². The lowest BCUT2D eigenvalue weighted by molar-refractivity contribution is 0.836. The van der Waals surface area contributed by atoms with Crippen molar-refractivity contribution in [3.05, 3.63) is 71.3 Å². The lowest BCUT2D eigenvalue weighted by Gasteiger charge is -2.08. The zero-order chi connectivity index (χ0) is 15.8. The number of benzene rings is 2. The van der Waals surface area contributed by atoms with Gasteiger partial charge in [-0.25, -0.2) is 0 Å². The molecule has 114 valence electrons. The predicted molar refractivity (Wildman–Crippen MR) is 97.3 cm³/mol. The average Bonchev–Trinajstić information content (AvgIpc) is 2.54. The average molecular weight is 311 g/mol. The van der Waals surface area contributed by atoms with E-state index >= 15 is 0 Å². The Morgan fingerprint density at radius 3 is 2.41 bits per heavy atom. The Morgan fingerprint density at radius 2 is 1.73 bits per heavy atom. The molecule has 0 bridgehead atoms. The molecule has 0 aliphatic rings. The number of rotatable bonds is 5. The van der Waals surface area contributed by atoms with Gasteiger partial charge in [0.2, 0.25) is 0 Å². The molecule has 0 saturated carbocycles. The van der Waals surface area contributed by atoms with E-state index in [1.54, 1.807) is 0 Å². The molecule has 0 aliphatic heterocycles. The molecule has 0 saturated heterocycles. The largest absolute Gasteiger partial charge is 0.361 e. The fourth-order valence-electron chi connectivity index (χ4n) is 2.00.